The lowest BCUT2D eigenvalue weighted by atomic mass is 10.1. The molecule has 0 spiro atoms. The zero-order valence-electron chi connectivity index (χ0n) is 14.4. The molecule has 1 aromatic rings. The number of halogens is 3. The fraction of sp³-hybridized carbons (Fsp3) is 0.692. The second-order valence-electron chi connectivity index (χ2n) is 5.93. The quantitative estimate of drug-likeness (QED) is 0.476. The number of aromatic nitrogens is 1. The minimum atomic E-state index is -4.47. The van der Waals surface area contributed by atoms with Gasteiger partial charge in [-0.15, -0.1) is 11.3 Å². The van der Waals surface area contributed by atoms with Crippen LogP contribution in [0.25, 0.3) is 0 Å². The van der Waals surface area contributed by atoms with Crippen LogP contribution in [-0.4, -0.2) is 44.2 Å². The third-order valence-corrected chi connectivity index (χ3v) is 4.48. The van der Waals surface area contributed by atoms with E-state index >= 15 is 0 Å². The van der Waals surface area contributed by atoms with E-state index in [9.17, 15) is 21.6 Å². The van der Waals surface area contributed by atoms with Crippen LogP contribution >= 0.6 is 11.3 Å². The van der Waals surface area contributed by atoms with E-state index in [1.165, 1.54) is 0 Å². The number of alkyl halides is 3. The van der Waals surface area contributed by atoms with Crippen molar-refractivity contribution in [1.82, 2.24) is 20.3 Å². The molecule has 0 amide bonds. The minimum absolute atomic E-state index is 0.0178. The molecule has 12 heteroatoms. The van der Waals surface area contributed by atoms with E-state index < -0.39 is 27.4 Å². The number of aliphatic imine (C=N–C) groups is 1. The van der Waals surface area contributed by atoms with Crippen molar-refractivity contribution >= 4 is 27.3 Å². The van der Waals surface area contributed by atoms with Gasteiger partial charge in [-0.05, 0) is 20.8 Å². The van der Waals surface area contributed by atoms with Crippen molar-refractivity contribution in [3.8, 4) is 0 Å². The third-order valence-electron chi connectivity index (χ3n) is 2.72. The molecule has 0 bridgehead atoms. The van der Waals surface area contributed by atoms with Crippen LogP contribution in [0.5, 0.6) is 0 Å². The second kappa shape index (κ2) is 8.32. The van der Waals surface area contributed by atoms with Gasteiger partial charge in [0.25, 0.3) is 0 Å². The van der Waals surface area contributed by atoms with Gasteiger partial charge in [0.2, 0.25) is 10.0 Å². The molecule has 25 heavy (non-hydrogen) atoms. The van der Waals surface area contributed by atoms with Crippen molar-refractivity contribution in [1.29, 1.82) is 0 Å². The predicted molar refractivity (Wildman–Crippen MR) is 92.0 cm³/mol. The fourth-order valence-corrected chi connectivity index (χ4v) is 3.64. The first kappa shape index (κ1) is 21.6. The van der Waals surface area contributed by atoms with Crippen LogP contribution < -0.4 is 15.4 Å². The third kappa shape index (κ3) is 8.50. The number of guanidine groups is 1. The molecule has 0 atom stereocenters. The van der Waals surface area contributed by atoms with Gasteiger partial charge in [0.1, 0.15) is 5.01 Å². The Balaban J connectivity index is 2.72. The van der Waals surface area contributed by atoms with Crippen molar-refractivity contribution in [3.63, 3.8) is 0 Å². The summed E-state index contributed by atoms with van der Waals surface area (Å²) in [5, 5.41) is 7.08. The maximum absolute atomic E-state index is 12.5. The van der Waals surface area contributed by atoms with E-state index in [1.807, 2.05) is 6.92 Å². The number of thiazole rings is 1. The molecule has 1 heterocycles. The molecule has 0 aliphatic rings. The molecule has 0 saturated carbocycles. The lowest BCUT2D eigenvalue weighted by Gasteiger charge is -2.26. The summed E-state index contributed by atoms with van der Waals surface area (Å²) < 4.78 is 62.7. The van der Waals surface area contributed by atoms with Crippen molar-refractivity contribution < 1.29 is 21.6 Å². The Morgan fingerprint density at radius 3 is 2.44 bits per heavy atom. The summed E-state index contributed by atoms with van der Waals surface area (Å²) in [7, 11) is -3.37. The first-order chi connectivity index (χ1) is 11.3. The Hall–Kier alpha value is -1.40. The zero-order valence-corrected chi connectivity index (χ0v) is 16.0. The standard InChI is InChI=1S/C13H22F3N5O2S2/c1-5-17-11(19-8-12(2,3)21-25(4,22)23)18-6-10-20-9(7-24-10)13(14,15)16/h7,21H,5-6,8H2,1-4H3,(H2,17,18,19). The van der Waals surface area contributed by atoms with Crippen molar-refractivity contribution in [3.05, 3.63) is 16.1 Å². The monoisotopic (exact) mass is 401 g/mol. The van der Waals surface area contributed by atoms with Gasteiger partial charge in [-0.25, -0.2) is 23.1 Å². The van der Waals surface area contributed by atoms with Crippen LogP contribution in [-0.2, 0) is 22.7 Å². The highest BCUT2D eigenvalue weighted by atomic mass is 32.2. The maximum Gasteiger partial charge on any atom is 0.434 e. The molecule has 7 nitrogen and oxygen atoms in total. The molecule has 0 saturated heterocycles. The lowest BCUT2D eigenvalue weighted by Crippen LogP contribution is -2.53. The average Bonchev–Trinajstić information content (AvgIpc) is 2.88. The topological polar surface area (TPSA) is 95.5 Å². The van der Waals surface area contributed by atoms with Gasteiger partial charge < -0.3 is 10.6 Å². The number of nitrogens with one attached hydrogen (secondary N) is 3. The summed E-state index contributed by atoms with van der Waals surface area (Å²) in [4.78, 5) is 7.69. The van der Waals surface area contributed by atoms with E-state index in [-0.39, 0.29) is 18.1 Å². The molecule has 0 aliphatic carbocycles. The van der Waals surface area contributed by atoms with Gasteiger partial charge in [-0.3, -0.25) is 0 Å². The molecule has 0 fully saturated rings. The minimum Gasteiger partial charge on any atom is -0.357 e. The molecule has 1 rings (SSSR count). The van der Waals surface area contributed by atoms with Crippen LogP contribution in [0.1, 0.15) is 31.5 Å². The smallest absolute Gasteiger partial charge is 0.357 e. The zero-order chi connectivity index (χ0) is 19.3. The number of nitrogens with zero attached hydrogens (tertiary/aromatic N) is 2. The molecule has 144 valence electrons. The summed E-state index contributed by atoms with van der Waals surface area (Å²) in [5.41, 5.74) is -1.70. The molecule has 1 aromatic heterocycles. The number of hydrogen-bond acceptors (Lipinski definition) is 5. The van der Waals surface area contributed by atoms with Crippen LogP contribution in [0.4, 0.5) is 13.2 Å². The van der Waals surface area contributed by atoms with E-state index in [1.54, 1.807) is 13.8 Å². The molecule has 3 N–H and O–H groups in total. The SMILES string of the molecule is CCNC(=NCc1nc(C(F)(F)F)cs1)NCC(C)(C)NS(C)(=O)=O. The summed E-state index contributed by atoms with van der Waals surface area (Å²) in [6, 6.07) is 0. The van der Waals surface area contributed by atoms with Crippen LogP contribution in [0.3, 0.4) is 0 Å². The average molecular weight is 401 g/mol. The van der Waals surface area contributed by atoms with Gasteiger partial charge >= 0.3 is 6.18 Å². The first-order valence-electron chi connectivity index (χ1n) is 7.35. The lowest BCUT2D eigenvalue weighted by molar-refractivity contribution is -0.140. The van der Waals surface area contributed by atoms with Crippen molar-refractivity contribution in [2.45, 2.75) is 39.0 Å². The Morgan fingerprint density at radius 1 is 1.32 bits per heavy atom. The Bertz CT molecular complexity index is 699. The van der Waals surface area contributed by atoms with Gasteiger partial charge in [-0.1, -0.05) is 0 Å². The predicted octanol–water partition coefficient (Wildman–Crippen LogP) is 1.54. The Labute approximate surface area is 149 Å². The summed E-state index contributed by atoms with van der Waals surface area (Å²) >= 11 is 0.883. The molecular formula is C13H22F3N5O2S2. The fourth-order valence-electron chi connectivity index (χ4n) is 1.84. The Kier molecular flexibility index (Phi) is 7.20. The van der Waals surface area contributed by atoms with E-state index in [4.69, 9.17) is 0 Å². The van der Waals surface area contributed by atoms with Crippen LogP contribution in [0, 0.1) is 0 Å². The molecular weight excluding hydrogens is 379 g/mol. The second-order valence-corrected chi connectivity index (χ2v) is 8.62. The summed E-state index contributed by atoms with van der Waals surface area (Å²) in [6.07, 6.45) is -3.41. The van der Waals surface area contributed by atoms with Gasteiger partial charge in [-0.2, -0.15) is 13.2 Å². The molecule has 0 aromatic carbocycles. The number of hydrogen-bond donors (Lipinski definition) is 3. The highest BCUT2D eigenvalue weighted by Crippen LogP contribution is 2.30. The van der Waals surface area contributed by atoms with E-state index in [0.29, 0.717) is 12.5 Å². The maximum atomic E-state index is 12.5. The van der Waals surface area contributed by atoms with Gasteiger partial charge in [0.05, 0.1) is 12.8 Å². The molecule has 0 unspecified atom stereocenters. The number of sulfonamides is 1. The van der Waals surface area contributed by atoms with Crippen LogP contribution in [0.2, 0.25) is 0 Å². The molecule has 0 radical (unpaired) electrons. The highest BCUT2D eigenvalue weighted by Gasteiger charge is 2.33. The highest BCUT2D eigenvalue weighted by molar-refractivity contribution is 7.88. The van der Waals surface area contributed by atoms with E-state index in [0.717, 1.165) is 23.0 Å². The normalized spacial score (nSPS) is 13.8. The molecule has 0 aliphatic heterocycles. The van der Waals surface area contributed by atoms with Crippen LogP contribution in [0.15, 0.2) is 10.4 Å². The van der Waals surface area contributed by atoms with Gasteiger partial charge in [0, 0.05) is 24.0 Å². The Morgan fingerprint density at radius 2 is 1.96 bits per heavy atom. The largest absolute Gasteiger partial charge is 0.434 e. The van der Waals surface area contributed by atoms with Crippen molar-refractivity contribution in [2.75, 3.05) is 19.3 Å². The first-order valence-corrected chi connectivity index (χ1v) is 10.1. The summed E-state index contributed by atoms with van der Waals surface area (Å²) in [5.74, 6) is 0.356. The van der Waals surface area contributed by atoms with Gasteiger partial charge in [0.15, 0.2) is 11.7 Å². The van der Waals surface area contributed by atoms with E-state index in [2.05, 4.69) is 25.3 Å². The summed E-state index contributed by atoms with van der Waals surface area (Å²) in [6.45, 7) is 5.98. The number of rotatable bonds is 7. The van der Waals surface area contributed by atoms with Crippen molar-refractivity contribution in [2.24, 2.45) is 4.99 Å².